The Hall–Kier alpha value is -1.75. The van der Waals surface area contributed by atoms with Gasteiger partial charge in [0.1, 0.15) is 1.37 Å². The van der Waals surface area contributed by atoms with E-state index in [0.29, 0.717) is 12.3 Å². The minimum Gasteiger partial charge on any atom is -0.481 e. The van der Waals surface area contributed by atoms with Crippen LogP contribution in [-0.2, 0) is 4.79 Å². The first kappa shape index (κ1) is 14.3. The third-order valence-electron chi connectivity index (χ3n) is 3.17. The van der Waals surface area contributed by atoms with Gasteiger partial charge in [-0.2, -0.15) is 0 Å². The monoisotopic (exact) mass is 247 g/mol. The molecule has 18 heavy (non-hydrogen) atoms. The predicted molar refractivity (Wildman–Crippen MR) is 75.4 cm³/mol. The highest BCUT2D eigenvalue weighted by atomic mass is 16.4. The number of terminal acetylenes is 1. The van der Waals surface area contributed by atoms with Crippen LogP contribution in [0.15, 0.2) is 30.3 Å². The quantitative estimate of drug-likeness (QED) is 0.773. The zero-order valence-corrected chi connectivity index (χ0v) is 11.1. The van der Waals surface area contributed by atoms with E-state index in [2.05, 4.69) is 25.5 Å². The molecule has 1 N–H and O–H groups in total. The Labute approximate surface area is 111 Å². The van der Waals surface area contributed by atoms with Gasteiger partial charge in [0.05, 0.1) is 5.92 Å². The van der Waals surface area contributed by atoms with Gasteiger partial charge < -0.3 is 5.11 Å². The van der Waals surface area contributed by atoms with Gasteiger partial charge in [-0.05, 0) is 30.7 Å². The predicted octanol–water partition coefficient (Wildman–Crippen LogP) is 3.93. The van der Waals surface area contributed by atoms with Gasteiger partial charge in [-0.1, -0.05) is 44.2 Å². The molecule has 0 spiro atoms. The summed E-state index contributed by atoms with van der Waals surface area (Å²) in [5.41, 5.74) is 1.25. The molecule has 0 aliphatic heterocycles. The van der Waals surface area contributed by atoms with E-state index >= 15 is 0 Å². The van der Waals surface area contributed by atoms with Crippen molar-refractivity contribution in [1.82, 2.24) is 0 Å². The fourth-order valence-corrected chi connectivity index (χ4v) is 2.05. The second-order valence-electron chi connectivity index (χ2n) is 4.19. The number of aliphatic carboxylic acids is 1. The lowest BCUT2D eigenvalue weighted by Gasteiger charge is -2.19. The molecule has 2 atom stereocenters. The van der Waals surface area contributed by atoms with Crippen LogP contribution < -0.4 is 0 Å². The molecule has 0 saturated heterocycles. The zero-order chi connectivity index (χ0) is 14.7. The first-order chi connectivity index (χ1) is 9.10. The molecule has 0 aromatic heterocycles. The largest absolute Gasteiger partial charge is 0.481 e. The van der Waals surface area contributed by atoms with E-state index < -0.39 is 5.97 Å². The van der Waals surface area contributed by atoms with Crippen LogP contribution in [0.5, 0.6) is 0 Å². The van der Waals surface area contributed by atoms with Crippen molar-refractivity contribution in [2.75, 3.05) is 0 Å². The number of carboxylic acids is 1. The van der Waals surface area contributed by atoms with E-state index in [0.717, 1.165) is 12.8 Å². The van der Waals surface area contributed by atoms with Gasteiger partial charge in [-0.25, -0.2) is 0 Å². The second-order valence-corrected chi connectivity index (χ2v) is 4.19. The van der Waals surface area contributed by atoms with Gasteiger partial charge in [-0.15, -0.1) is 12.8 Å². The van der Waals surface area contributed by atoms with E-state index in [1.807, 2.05) is 25.1 Å². The molecule has 0 radical (unpaired) electrons. The molecule has 2 nitrogen and oxygen atoms in total. The van der Waals surface area contributed by atoms with Crippen molar-refractivity contribution < 1.29 is 11.3 Å². The molecular weight excluding hydrogens is 224 g/mol. The molecule has 2 unspecified atom stereocenters. The first-order valence-electron chi connectivity index (χ1n) is 6.75. The Bertz CT molecular complexity index is 395. The van der Waals surface area contributed by atoms with Crippen molar-refractivity contribution in [3.8, 4) is 12.8 Å². The number of carbonyl (C=O) groups is 1. The van der Waals surface area contributed by atoms with Gasteiger partial charge in [0.15, 0.2) is 0 Å². The minimum atomic E-state index is -0.670. The van der Waals surface area contributed by atoms with Crippen molar-refractivity contribution in [1.29, 1.82) is 0 Å². The summed E-state index contributed by atoms with van der Waals surface area (Å²) < 4.78 is 5.74. The molecule has 98 valence electrons. The highest BCUT2D eigenvalue weighted by molar-refractivity contribution is 5.69. The van der Waals surface area contributed by atoms with Crippen LogP contribution in [-0.4, -0.2) is 11.1 Å². The summed E-state index contributed by atoms with van der Waals surface area (Å²) in [6.07, 6.45) is 8.21. The smallest absolute Gasteiger partial charge is 0.306 e. The number of rotatable bonds is 6. The summed E-state index contributed by atoms with van der Waals surface area (Å²) >= 11 is 0. The number of hydrogen-bond donors (Lipinski definition) is 1. The highest BCUT2D eigenvalue weighted by Crippen LogP contribution is 2.28. The van der Waals surface area contributed by atoms with Crippen LogP contribution in [0, 0.1) is 18.7 Å². The van der Waals surface area contributed by atoms with E-state index in [9.17, 15) is 4.79 Å². The minimum absolute atomic E-state index is 0.217. The molecule has 0 aliphatic rings. The topological polar surface area (TPSA) is 37.3 Å². The zero-order valence-electron chi connectivity index (χ0n) is 12.1. The van der Waals surface area contributed by atoms with Crippen LogP contribution in [0.25, 0.3) is 0 Å². The maximum absolute atomic E-state index is 11.0. The SMILES string of the molecule is CCC(CC(CC)c1ccccc1)C(=O)O.[2H]C#C. The molecule has 0 heterocycles. The number of hydrogen-bond acceptors (Lipinski definition) is 1. The molecule has 2 heteroatoms. The average Bonchev–Trinajstić information content (AvgIpc) is 2.41. The van der Waals surface area contributed by atoms with Gasteiger partial charge >= 0.3 is 5.97 Å². The van der Waals surface area contributed by atoms with Crippen molar-refractivity contribution in [2.45, 2.75) is 39.0 Å². The molecule has 0 saturated carbocycles. The fraction of sp³-hybridized carbons (Fsp3) is 0.438. The lowest BCUT2D eigenvalue weighted by atomic mass is 9.86. The summed E-state index contributed by atoms with van der Waals surface area (Å²) in [6.45, 7) is 4.06. The Balaban J connectivity index is 0.000000982. The molecule has 1 aromatic rings. The van der Waals surface area contributed by atoms with Crippen LogP contribution in [0.2, 0.25) is 0 Å². The maximum Gasteiger partial charge on any atom is 0.306 e. The van der Waals surface area contributed by atoms with Gasteiger partial charge in [0.25, 0.3) is 0 Å². The first-order valence-corrected chi connectivity index (χ1v) is 6.25. The van der Waals surface area contributed by atoms with Crippen molar-refractivity contribution >= 4 is 5.97 Å². The van der Waals surface area contributed by atoms with Crippen LogP contribution in [0.1, 0.15) is 46.0 Å². The molecular formula is C16H22O2. The summed E-state index contributed by atoms with van der Waals surface area (Å²) in [4.78, 5) is 11.0. The summed E-state index contributed by atoms with van der Waals surface area (Å²) in [5, 5.41) is 9.06. The molecule has 1 aromatic carbocycles. The highest BCUT2D eigenvalue weighted by Gasteiger charge is 2.20. The average molecular weight is 247 g/mol. The summed E-state index contributed by atoms with van der Waals surface area (Å²) in [6, 6.07) is 10.2. The maximum atomic E-state index is 11.0. The standard InChI is InChI=1S/C14H20O2.C2H2/c1-3-11(10-12(4-2)14(15)16)13-8-6-5-7-9-13;1-2/h5-9,11-12H,3-4,10H2,1-2H3,(H,15,16);1-2H/i;1D. The van der Waals surface area contributed by atoms with E-state index in [4.69, 9.17) is 6.48 Å². The Kier molecular flexibility index (Phi) is 7.39. The van der Waals surface area contributed by atoms with Crippen molar-refractivity contribution in [3.63, 3.8) is 0 Å². The second kappa shape index (κ2) is 9.30. The van der Waals surface area contributed by atoms with Crippen LogP contribution in [0.4, 0.5) is 0 Å². The Morgan fingerprint density at radius 1 is 1.33 bits per heavy atom. The number of carboxylic acid groups (broad SMARTS) is 1. The lowest BCUT2D eigenvalue weighted by molar-refractivity contribution is -0.142. The lowest BCUT2D eigenvalue weighted by Crippen LogP contribution is -2.16. The third-order valence-corrected chi connectivity index (χ3v) is 3.17. The third kappa shape index (κ3) is 5.05. The molecule has 0 aliphatic carbocycles. The van der Waals surface area contributed by atoms with E-state index in [-0.39, 0.29) is 5.92 Å². The Morgan fingerprint density at radius 2 is 1.89 bits per heavy atom. The summed E-state index contributed by atoms with van der Waals surface area (Å²) in [5.74, 6) is -0.524. The molecule has 1 rings (SSSR count). The van der Waals surface area contributed by atoms with Crippen LogP contribution in [0.3, 0.4) is 0 Å². The normalized spacial score (nSPS) is 13.3. The van der Waals surface area contributed by atoms with Crippen molar-refractivity contribution in [3.05, 3.63) is 35.9 Å². The van der Waals surface area contributed by atoms with Crippen LogP contribution >= 0.6 is 0 Å². The van der Waals surface area contributed by atoms with Crippen molar-refractivity contribution in [2.24, 2.45) is 5.92 Å². The fourth-order valence-electron chi connectivity index (χ4n) is 2.05. The molecule has 0 amide bonds. The van der Waals surface area contributed by atoms with E-state index in [1.165, 1.54) is 12.0 Å². The molecule has 0 bridgehead atoms. The van der Waals surface area contributed by atoms with Gasteiger partial charge in [0, 0.05) is 0 Å². The molecule has 0 fully saturated rings. The summed E-state index contributed by atoms with van der Waals surface area (Å²) in [7, 11) is 0. The van der Waals surface area contributed by atoms with Gasteiger partial charge in [0.2, 0.25) is 0 Å². The Morgan fingerprint density at radius 3 is 2.28 bits per heavy atom. The van der Waals surface area contributed by atoms with Gasteiger partial charge in [-0.3, -0.25) is 4.79 Å². The number of benzene rings is 1. The van der Waals surface area contributed by atoms with E-state index in [1.54, 1.807) is 0 Å².